The number of amides is 4. The first-order valence-corrected chi connectivity index (χ1v) is 19.5. The summed E-state index contributed by atoms with van der Waals surface area (Å²) in [7, 11) is -2.35. The fourth-order valence-corrected chi connectivity index (χ4v) is 8.23. The van der Waals surface area contributed by atoms with Crippen LogP contribution in [0.3, 0.4) is 0 Å². The molecule has 3 aromatic rings. The lowest BCUT2D eigenvalue weighted by molar-refractivity contribution is -0.141. The summed E-state index contributed by atoms with van der Waals surface area (Å²) in [6.45, 7) is 10.6. The molecule has 0 spiro atoms. The third-order valence-corrected chi connectivity index (χ3v) is 11.9. The Morgan fingerprint density at radius 2 is 1.80 bits per heavy atom. The van der Waals surface area contributed by atoms with Gasteiger partial charge in [-0.15, -0.1) is 6.58 Å². The summed E-state index contributed by atoms with van der Waals surface area (Å²) < 4.78 is 45.0. The van der Waals surface area contributed by atoms with Crippen LogP contribution >= 0.6 is 0 Å². The zero-order valence-corrected chi connectivity index (χ0v) is 31.9. The van der Waals surface area contributed by atoms with E-state index in [1.54, 1.807) is 47.1 Å². The van der Waals surface area contributed by atoms with E-state index in [-0.39, 0.29) is 25.3 Å². The van der Waals surface area contributed by atoms with E-state index in [9.17, 15) is 27.6 Å². The van der Waals surface area contributed by atoms with Gasteiger partial charge in [0.15, 0.2) is 0 Å². The Bertz CT molecular complexity index is 2050. The van der Waals surface area contributed by atoms with Crippen molar-refractivity contribution in [3.63, 3.8) is 0 Å². The fourth-order valence-electron chi connectivity index (χ4n) is 6.86. The molecule has 2 aliphatic carbocycles. The predicted octanol–water partition coefficient (Wildman–Crippen LogP) is 3.96. The zero-order valence-electron chi connectivity index (χ0n) is 31.0. The predicted molar refractivity (Wildman–Crippen MR) is 200 cm³/mol. The number of rotatable bonds is 13. The summed E-state index contributed by atoms with van der Waals surface area (Å²) in [4.78, 5) is 61.7. The molecule has 6 atom stereocenters. The van der Waals surface area contributed by atoms with Gasteiger partial charge in [-0.25, -0.2) is 18.2 Å². The van der Waals surface area contributed by atoms with E-state index in [1.807, 2.05) is 48.5 Å². The van der Waals surface area contributed by atoms with Crippen LogP contribution in [0.5, 0.6) is 11.6 Å². The fraction of sp³-hybridized carbons (Fsp3) is 0.462. The number of hydrogen-bond donors (Lipinski definition) is 3. The molecule has 0 radical (unpaired) electrons. The van der Waals surface area contributed by atoms with Crippen molar-refractivity contribution in [1.29, 1.82) is 0 Å². The van der Waals surface area contributed by atoms with Crippen LogP contribution in [-0.2, 0) is 29.1 Å². The maximum absolute atomic E-state index is 14.8. The van der Waals surface area contributed by atoms with E-state index < -0.39 is 80.3 Å². The van der Waals surface area contributed by atoms with Gasteiger partial charge < -0.3 is 29.7 Å². The number of alkyl carbamates (subject to hydrolysis) is 1. The molecule has 1 saturated heterocycles. The molecule has 3 aliphatic rings. The smallest absolute Gasteiger partial charge is 0.408 e. The SMILES string of the molecule is C=CC1CC1(NC(=O)C1CC(Oc2nccc3cc(OC)ccc23)CN1C(=O)C(NC(=O)OC(C)(C)C)C(C)c1ccccc1)C(=O)NS(=O)(=O)C1CC1. The molecule has 1 aromatic heterocycles. The van der Waals surface area contributed by atoms with Gasteiger partial charge in [0, 0.05) is 29.8 Å². The number of methoxy groups -OCH3 is 1. The minimum absolute atomic E-state index is 0.00149. The second kappa shape index (κ2) is 14.9. The van der Waals surface area contributed by atoms with Crippen molar-refractivity contribution in [3.05, 3.63) is 79.0 Å². The molecule has 15 heteroatoms. The Morgan fingerprint density at radius 1 is 1.07 bits per heavy atom. The third-order valence-electron chi connectivity index (χ3n) is 10.1. The Kier molecular flexibility index (Phi) is 10.6. The average molecular weight is 762 g/mol. The van der Waals surface area contributed by atoms with Gasteiger partial charge in [0.2, 0.25) is 27.7 Å². The van der Waals surface area contributed by atoms with E-state index in [0.29, 0.717) is 24.0 Å². The largest absolute Gasteiger partial charge is 0.497 e. The van der Waals surface area contributed by atoms with Gasteiger partial charge >= 0.3 is 6.09 Å². The quantitative estimate of drug-likeness (QED) is 0.216. The third kappa shape index (κ3) is 8.30. The highest BCUT2D eigenvalue weighted by Crippen LogP contribution is 2.45. The lowest BCUT2D eigenvalue weighted by Crippen LogP contribution is -2.59. The Hall–Kier alpha value is -5.18. The molecule has 14 nitrogen and oxygen atoms in total. The van der Waals surface area contributed by atoms with Crippen LogP contribution in [0.4, 0.5) is 4.79 Å². The van der Waals surface area contributed by atoms with E-state index in [1.165, 1.54) is 11.0 Å². The Balaban J connectivity index is 1.32. The summed E-state index contributed by atoms with van der Waals surface area (Å²) in [6, 6.07) is 14.0. The van der Waals surface area contributed by atoms with E-state index in [0.717, 1.165) is 10.9 Å². The topological polar surface area (TPSA) is 182 Å². The van der Waals surface area contributed by atoms with Crippen LogP contribution < -0.4 is 24.8 Å². The molecule has 288 valence electrons. The van der Waals surface area contributed by atoms with Crippen LogP contribution in [0.25, 0.3) is 10.8 Å². The first-order valence-electron chi connectivity index (χ1n) is 18.0. The number of likely N-dealkylation sites (tertiary alicyclic amines) is 1. The van der Waals surface area contributed by atoms with Crippen LogP contribution in [0.2, 0.25) is 0 Å². The molecule has 1 aliphatic heterocycles. The first-order chi connectivity index (χ1) is 25.5. The van der Waals surface area contributed by atoms with Crippen LogP contribution in [-0.4, -0.2) is 90.3 Å². The molecule has 3 N–H and O–H groups in total. The van der Waals surface area contributed by atoms with Gasteiger partial charge in [-0.1, -0.05) is 43.3 Å². The van der Waals surface area contributed by atoms with Gasteiger partial charge in [0.25, 0.3) is 5.91 Å². The molecule has 2 saturated carbocycles. The standard InChI is InChI=1S/C39H47N5O9S/c1-7-26-21-39(26,36(47)43-54(49,50)29-14-15-29)42-33(45)31-20-28(52-34-30-16-13-27(51-6)19-25(30)17-18-40-34)22-44(31)35(46)32(41-37(48)53-38(3,4)5)23(2)24-11-9-8-10-12-24/h7-13,16-19,23,26,28-29,31-32H,1,14-15,20-22H2,2-6H3,(H,41,48)(H,42,45)(H,43,47). The van der Waals surface area contributed by atoms with Crippen molar-refractivity contribution in [3.8, 4) is 11.6 Å². The van der Waals surface area contributed by atoms with Crippen molar-refractivity contribution in [1.82, 2.24) is 25.2 Å². The molecule has 6 rings (SSSR count). The molecule has 2 aromatic carbocycles. The number of carbonyl (C=O) groups is 4. The molecular formula is C39H47N5O9S. The number of carbonyl (C=O) groups excluding carboxylic acids is 4. The van der Waals surface area contributed by atoms with Gasteiger partial charge in [0.1, 0.15) is 35.1 Å². The summed E-state index contributed by atoms with van der Waals surface area (Å²) in [5, 5.41) is 6.38. The summed E-state index contributed by atoms with van der Waals surface area (Å²) >= 11 is 0. The van der Waals surface area contributed by atoms with Gasteiger partial charge in [-0.3, -0.25) is 19.1 Å². The second-order valence-electron chi connectivity index (χ2n) is 15.2. The number of sulfonamides is 1. The minimum Gasteiger partial charge on any atom is -0.497 e. The Morgan fingerprint density at radius 3 is 2.43 bits per heavy atom. The van der Waals surface area contributed by atoms with Crippen molar-refractivity contribution in [2.75, 3.05) is 13.7 Å². The lowest BCUT2D eigenvalue weighted by Gasteiger charge is -2.33. The van der Waals surface area contributed by atoms with Gasteiger partial charge in [0.05, 0.1) is 18.9 Å². The van der Waals surface area contributed by atoms with Crippen molar-refractivity contribution >= 4 is 44.6 Å². The molecular weight excluding hydrogens is 715 g/mol. The number of benzene rings is 2. The highest BCUT2D eigenvalue weighted by atomic mass is 32.2. The van der Waals surface area contributed by atoms with Crippen LogP contribution in [0, 0.1) is 5.92 Å². The lowest BCUT2D eigenvalue weighted by atomic mass is 9.92. The van der Waals surface area contributed by atoms with E-state index >= 15 is 0 Å². The first kappa shape index (κ1) is 38.5. The number of nitrogens with one attached hydrogen (secondary N) is 3. The highest BCUT2D eigenvalue weighted by molar-refractivity contribution is 7.91. The molecule has 2 heterocycles. The van der Waals surface area contributed by atoms with Gasteiger partial charge in [-0.05, 0) is 75.2 Å². The van der Waals surface area contributed by atoms with E-state index in [4.69, 9.17) is 14.2 Å². The molecule has 0 bridgehead atoms. The molecule has 54 heavy (non-hydrogen) atoms. The number of nitrogens with zero attached hydrogens (tertiary/aromatic N) is 2. The monoisotopic (exact) mass is 761 g/mol. The van der Waals surface area contributed by atoms with Crippen LogP contribution in [0.1, 0.15) is 64.9 Å². The molecule has 3 fully saturated rings. The number of ether oxygens (including phenoxy) is 3. The molecule has 6 unspecified atom stereocenters. The van der Waals surface area contributed by atoms with Crippen LogP contribution in [0.15, 0.2) is 73.4 Å². The molecule has 4 amide bonds. The summed E-state index contributed by atoms with van der Waals surface area (Å²) in [6.07, 6.45) is 2.56. The number of aromatic nitrogens is 1. The van der Waals surface area contributed by atoms with Crippen molar-refractivity contribution in [2.45, 2.75) is 93.9 Å². The minimum atomic E-state index is -3.91. The maximum Gasteiger partial charge on any atom is 0.408 e. The summed E-state index contributed by atoms with van der Waals surface area (Å²) in [5.41, 5.74) is -1.67. The normalized spacial score (nSPS) is 23.4. The van der Waals surface area contributed by atoms with Gasteiger partial charge in [-0.2, -0.15) is 0 Å². The number of pyridine rings is 1. The maximum atomic E-state index is 14.8. The zero-order chi connectivity index (χ0) is 39.0. The number of fused-ring (bicyclic) bond motifs is 1. The van der Waals surface area contributed by atoms with Crippen molar-refractivity contribution < 1.29 is 41.8 Å². The van der Waals surface area contributed by atoms with E-state index in [2.05, 4.69) is 26.9 Å². The second-order valence-corrected chi connectivity index (χ2v) is 17.2. The average Bonchev–Trinajstić information content (AvgIpc) is 4.06. The number of hydrogen-bond acceptors (Lipinski definition) is 10. The Labute approximate surface area is 315 Å². The highest BCUT2D eigenvalue weighted by Gasteiger charge is 2.62. The summed E-state index contributed by atoms with van der Waals surface area (Å²) in [5.74, 6) is -2.29. The van der Waals surface area contributed by atoms with Crippen molar-refractivity contribution in [2.24, 2.45) is 5.92 Å².